The van der Waals surface area contributed by atoms with E-state index in [9.17, 15) is 19.5 Å². The number of Topliss-reactive ketones (excluding diaryl/α,β-unsaturated/α-hetero) is 1. The molecule has 0 aliphatic heterocycles. The van der Waals surface area contributed by atoms with Crippen molar-refractivity contribution in [2.45, 2.75) is 64.8 Å². The summed E-state index contributed by atoms with van der Waals surface area (Å²) in [5, 5.41) is 15.2. The number of rotatable bonds is 10. The molecule has 1 aliphatic carbocycles. The van der Waals surface area contributed by atoms with Crippen molar-refractivity contribution in [2.24, 2.45) is 11.8 Å². The van der Waals surface area contributed by atoms with Crippen molar-refractivity contribution in [3.05, 3.63) is 29.8 Å². The normalized spacial score (nSPS) is 19.8. The SMILES string of the molecule is CCCC(=O)NCC1CCC(CC(=O)[C@@H](Cc2ccc(O)cc2)NC(C)=O)C1. The van der Waals surface area contributed by atoms with E-state index in [2.05, 4.69) is 10.6 Å². The fraction of sp³-hybridized carbons (Fsp3) is 0.591. The van der Waals surface area contributed by atoms with Gasteiger partial charge in [-0.1, -0.05) is 19.1 Å². The lowest BCUT2D eigenvalue weighted by molar-refractivity contribution is -0.127. The lowest BCUT2D eigenvalue weighted by Gasteiger charge is -2.19. The Kier molecular flexibility index (Phi) is 8.48. The molecule has 1 saturated carbocycles. The molecule has 3 atom stereocenters. The maximum atomic E-state index is 12.8. The number of amides is 2. The summed E-state index contributed by atoms with van der Waals surface area (Å²) in [7, 11) is 0. The van der Waals surface area contributed by atoms with Gasteiger partial charge in [-0.2, -0.15) is 0 Å². The monoisotopic (exact) mass is 388 g/mol. The van der Waals surface area contributed by atoms with Gasteiger partial charge in [-0.3, -0.25) is 14.4 Å². The van der Waals surface area contributed by atoms with Crippen LogP contribution in [0.5, 0.6) is 5.75 Å². The molecular formula is C22H32N2O4. The highest BCUT2D eigenvalue weighted by atomic mass is 16.3. The number of benzene rings is 1. The number of carbonyl (C=O) groups is 3. The molecule has 1 aromatic rings. The third-order valence-electron chi connectivity index (χ3n) is 5.35. The number of hydrogen-bond acceptors (Lipinski definition) is 4. The molecule has 28 heavy (non-hydrogen) atoms. The number of ketones is 1. The van der Waals surface area contributed by atoms with Gasteiger partial charge in [0.1, 0.15) is 5.75 Å². The lowest BCUT2D eigenvalue weighted by atomic mass is 9.93. The highest BCUT2D eigenvalue weighted by Gasteiger charge is 2.29. The molecule has 1 aliphatic rings. The van der Waals surface area contributed by atoms with Crippen LogP contribution in [-0.2, 0) is 20.8 Å². The molecule has 0 spiro atoms. The maximum absolute atomic E-state index is 12.8. The van der Waals surface area contributed by atoms with E-state index in [-0.39, 0.29) is 23.3 Å². The third-order valence-corrected chi connectivity index (χ3v) is 5.35. The summed E-state index contributed by atoms with van der Waals surface area (Å²) in [6.07, 6.45) is 5.21. The number of carbonyl (C=O) groups excluding carboxylic acids is 3. The predicted molar refractivity (Wildman–Crippen MR) is 108 cm³/mol. The number of phenols is 1. The summed E-state index contributed by atoms with van der Waals surface area (Å²) in [6.45, 7) is 4.09. The van der Waals surface area contributed by atoms with Gasteiger partial charge in [-0.15, -0.1) is 0 Å². The fourth-order valence-corrected chi connectivity index (χ4v) is 3.91. The highest BCUT2D eigenvalue weighted by Crippen LogP contribution is 2.33. The molecule has 0 radical (unpaired) electrons. The van der Waals surface area contributed by atoms with Gasteiger partial charge in [0.15, 0.2) is 5.78 Å². The first-order valence-corrected chi connectivity index (χ1v) is 10.2. The first kappa shape index (κ1) is 21.9. The second kappa shape index (κ2) is 10.8. The van der Waals surface area contributed by atoms with E-state index in [0.29, 0.717) is 37.6 Å². The average molecular weight is 389 g/mol. The summed E-state index contributed by atoms with van der Waals surface area (Å²) < 4.78 is 0. The van der Waals surface area contributed by atoms with Crippen LogP contribution in [0.3, 0.4) is 0 Å². The Hall–Kier alpha value is -2.37. The quantitative estimate of drug-likeness (QED) is 0.574. The molecule has 0 heterocycles. The molecule has 0 saturated heterocycles. The number of nitrogens with one attached hydrogen (secondary N) is 2. The fourth-order valence-electron chi connectivity index (χ4n) is 3.91. The number of phenolic OH excluding ortho intramolecular Hbond substituents is 1. The topological polar surface area (TPSA) is 95.5 Å². The Morgan fingerprint density at radius 3 is 2.46 bits per heavy atom. The Morgan fingerprint density at radius 2 is 1.82 bits per heavy atom. The molecule has 1 fully saturated rings. The van der Waals surface area contributed by atoms with Crippen LogP contribution in [0, 0.1) is 11.8 Å². The number of hydrogen-bond donors (Lipinski definition) is 3. The first-order valence-electron chi connectivity index (χ1n) is 10.2. The summed E-state index contributed by atoms with van der Waals surface area (Å²) in [5.41, 5.74) is 0.896. The Bertz CT molecular complexity index is 672. The molecule has 0 aromatic heterocycles. The molecule has 2 unspecified atom stereocenters. The van der Waals surface area contributed by atoms with Gasteiger partial charge in [0.25, 0.3) is 0 Å². The summed E-state index contributed by atoms with van der Waals surface area (Å²) >= 11 is 0. The Balaban J connectivity index is 1.86. The third kappa shape index (κ3) is 7.33. The minimum Gasteiger partial charge on any atom is -0.508 e. The standard InChI is InChI=1S/C22H32N2O4/c1-3-4-22(28)23-14-18-6-5-17(11-18)13-21(27)20(24-15(2)25)12-16-7-9-19(26)10-8-16/h7-10,17-18,20,26H,3-6,11-14H2,1-2H3,(H,23,28)(H,24,25)/t17?,18?,20-/m1/s1. The van der Waals surface area contributed by atoms with Crippen LogP contribution >= 0.6 is 0 Å². The van der Waals surface area contributed by atoms with Crippen molar-refractivity contribution in [1.82, 2.24) is 10.6 Å². The van der Waals surface area contributed by atoms with E-state index in [4.69, 9.17) is 0 Å². The van der Waals surface area contributed by atoms with Gasteiger partial charge < -0.3 is 15.7 Å². The van der Waals surface area contributed by atoms with Crippen LogP contribution in [0.15, 0.2) is 24.3 Å². The van der Waals surface area contributed by atoms with Crippen molar-refractivity contribution < 1.29 is 19.5 Å². The smallest absolute Gasteiger partial charge is 0.219 e. The van der Waals surface area contributed by atoms with Crippen molar-refractivity contribution in [1.29, 1.82) is 0 Å². The minimum absolute atomic E-state index is 0.0453. The summed E-state index contributed by atoms with van der Waals surface area (Å²) in [4.78, 5) is 36.0. The maximum Gasteiger partial charge on any atom is 0.219 e. The number of aromatic hydroxyl groups is 1. The van der Waals surface area contributed by atoms with Crippen LogP contribution in [-0.4, -0.2) is 35.3 Å². The summed E-state index contributed by atoms with van der Waals surface area (Å²) in [6, 6.07) is 6.15. The molecule has 6 heteroatoms. The van der Waals surface area contributed by atoms with Crippen molar-refractivity contribution >= 4 is 17.6 Å². The van der Waals surface area contributed by atoms with Gasteiger partial charge in [-0.25, -0.2) is 0 Å². The van der Waals surface area contributed by atoms with Crippen LogP contribution in [0.1, 0.15) is 57.9 Å². The van der Waals surface area contributed by atoms with Crippen molar-refractivity contribution in [2.75, 3.05) is 6.54 Å². The minimum atomic E-state index is -0.551. The van der Waals surface area contributed by atoms with Crippen LogP contribution in [0.4, 0.5) is 0 Å². The average Bonchev–Trinajstić information content (AvgIpc) is 3.08. The Morgan fingerprint density at radius 1 is 1.14 bits per heavy atom. The van der Waals surface area contributed by atoms with Crippen molar-refractivity contribution in [3.63, 3.8) is 0 Å². The van der Waals surface area contributed by atoms with Crippen molar-refractivity contribution in [3.8, 4) is 5.75 Å². The molecule has 2 rings (SSSR count). The van der Waals surface area contributed by atoms with E-state index >= 15 is 0 Å². The van der Waals surface area contributed by atoms with Crippen LogP contribution in [0.2, 0.25) is 0 Å². The second-order valence-electron chi connectivity index (χ2n) is 7.89. The lowest BCUT2D eigenvalue weighted by Crippen LogP contribution is -2.41. The van der Waals surface area contributed by atoms with Gasteiger partial charge in [0.2, 0.25) is 11.8 Å². The predicted octanol–water partition coefficient (Wildman–Crippen LogP) is 2.73. The molecule has 3 N–H and O–H groups in total. The van der Waals surface area contributed by atoms with Gasteiger partial charge >= 0.3 is 0 Å². The Labute approximate surface area is 167 Å². The zero-order valence-corrected chi connectivity index (χ0v) is 16.9. The molecule has 1 aromatic carbocycles. The molecule has 0 bridgehead atoms. The molecule has 154 valence electrons. The summed E-state index contributed by atoms with van der Waals surface area (Å²) in [5.74, 6) is 0.825. The van der Waals surface area contributed by atoms with E-state index in [1.165, 1.54) is 6.92 Å². The molecular weight excluding hydrogens is 356 g/mol. The van der Waals surface area contributed by atoms with Gasteiger partial charge in [0.05, 0.1) is 6.04 Å². The molecule has 2 amide bonds. The largest absolute Gasteiger partial charge is 0.508 e. The van der Waals surface area contributed by atoms with E-state index in [1.807, 2.05) is 6.92 Å². The van der Waals surface area contributed by atoms with Gasteiger partial charge in [0, 0.05) is 26.3 Å². The van der Waals surface area contributed by atoms with E-state index < -0.39 is 6.04 Å². The van der Waals surface area contributed by atoms with Gasteiger partial charge in [-0.05, 0) is 61.6 Å². The second-order valence-corrected chi connectivity index (χ2v) is 7.89. The van der Waals surface area contributed by atoms with Crippen LogP contribution in [0.25, 0.3) is 0 Å². The highest BCUT2D eigenvalue weighted by molar-refractivity contribution is 5.88. The zero-order chi connectivity index (χ0) is 20.5. The van der Waals surface area contributed by atoms with Crippen LogP contribution < -0.4 is 10.6 Å². The zero-order valence-electron chi connectivity index (χ0n) is 16.9. The van der Waals surface area contributed by atoms with E-state index in [0.717, 1.165) is 31.2 Å². The van der Waals surface area contributed by atoms with E-state index in [1.54, 1.807) is 24.3 Å². The first-order chi connectivity index (χ1) is 13.4. The molecule has 6 nitrogen and oxygen atoms in total.